The molecule has 1 aromatic heterocycles. The lowest BCUT2D eigenvalue weighted by Gasteiger charge is -2.08. The van der Waals surface area contributed by atoms with Crippen LogP contribution in [0.15, 0.2) is 47.1 Å². The molecule has 0 atom stereocenters. The molecule has 1 heterocycles. The van der Waals surface area contributed by atoms with Crippen molar-refractivity contribution >= 4 is 5.78 Å². The third kappa shape index (κ3) is 3.00. The fourth-order valence-electron chi connectivity index (χ4n) is 1.62. The molecule has 0 spiro atoms. The molecular weight excluding hydrogens is 228 g/mol. The van der Waals surface area contributed by atoms with Crippen molar-refractivity contribution in [2.75, 3.05) is 6.61 Å². The predicted molar refractivity (Wildman–Crippen MR) is 69.1 cm³/mol. The van der Waals surface area contributed by atoms with E-state index in [2.05, 4.69) is 13.8 Å². The summed E-state index contributed by atoms with van der Waals surface area (Å²) in [5.74, 6) is 1.32. The molecular formula is C15H16O3. The van der Waals surface area contributed by atoms with Crippen molar-refractivity contribution in [2.24, 2.45) is 0 Å². The molecule has 0 aliphatic rings. The summed E-state index contributed by atoms with van der Waals surface area (Å²) in [5.41, 5.74) is 1.19. The van der Waals surface area contributed by atoms with Gasteiger partial charge < -0.3 is 9.15 Å². The van der Waals surface area contributed by atoms with E-state index in [0.29, 0.717) is 17.4 Å². The highest BCUT2D eigenvalue weighted by Crippen LogP contribution is 2.20. The molecule has 0 radical (unpaired) electrons. The highest BCUT2D eigenvalue weighted by atomic mass is 16.5. The van der Waals surface area contributed by atoms with E-state index in [0.717, 1.165) is 0 Å². The molecule has 0 unspecified atom stereocenters. The van der Waals surface area contributed by atoms with Crippen LogP contribution in [-0.4, -0.2) is 12.4 Å². The van der Waals surface area contributed by atoms with Gasteiger partial charge in [-0.05, 0) is 35.7 Å². The summed E-state index contributed by atoms with van der Waals surface area (Å²) in [6.07, 6.45) is 1.48. The Balaban J connectivity index is 1.98. The van der Waals surface area contributed by atoms with Crippen molar-refractivity contribution in [3.05, 3.63) is 54.0 Å². The van der Waals surface area contributed by atoms with E-state index < -0.39 is 0 Å². The van der Waals surface area contributed by atoms with Crippen LogP contribution in [0.4, 0.5) is 0 Å². The Kier molecular flexibility index (Phi) is 3.82. The van der Waals surface area contributed by atoms with Crippen LogP contribution in [0.1, 0.15) is 35.9 Å². The molecule has 18 heavy (non-hydrogen) atoms. The lowest BCUT2D eigenvalue weighted by molar-refractivity contribution is 0.0893. The van der Waals surface area contributed by atoms with E-state index in [1.807, 2.05) is 24.3 Å². The molecule has 0 aliphatic heterocycles. The molecule has 0 amide bonds. The summed E-state index contributed by atoms with van der Waals surface area (Å²) in [6, 6.07) is 11.1. The maximum Gasteiger partial charge on any atom is 0.235 e. The number of furan rings is 1. The molecule has 3 heteroatoms. The largest absolute Gasteiger partial charge is 0.485 e. The van der Waals surface area contributed by atoms with Crippen LogP contribution in [-0.2, 0) is 0 Å². The third-order valence-corrected chi connectivity index (χ3v) is 2.69. The summed E-state index contributed by atoms with van der Waals surface area (Å²) in [6.45, 7) is 4.23. The number of hydrogen-bond acceptors (Lipinski definition) is 3. The van der Waals surface area contributed by atoms with E-state index in [1.165, 1.54) is 11.8 Å². The van der Waals surface area contributed by atoms with Crippen molar-refractivity contribution in [1.82, 2.24) is 0 Å². The zero-order valence-corrected chi connectivity index (χ0v) is 10.6. The minimum absolute atomic E-state index is 0.00490. The van der Waals surface area contributed by atoms with Crippen molar-refractivity contribution in [3.63, 3.8) is 0 Å². The number of ether oxygens (including phenoxy) is 1. The Labute approximate surface area is 106 Å². The van der Waals surface area contributed by atoms with Gasteiger partial charge in [0.15, 0.2) is 12.4 Å². The molecule has 0 saturated carbocycles. The van der Waals surface area contributed by atoms with Gasteiger partial charge in [0, 0.05) is 0 Å². The first-order valence-electron chi connectivity index (χ1n) is 5.96. The second-order valence-electron chi connectivity index (χ2n) is 4.42. The van der Waals surface area contributed by atoms with E-state index in [9.17, 15) is 4.79 Å². The van der Waals surface area contributed by atoms with E-state index in [4.69, 9.17) is 9.15 Å². The number of benzene rings is 1. The van der Waals surface area contributed by atoms with Gasteiger partial charge in [-0.1, -0.05) is 26.0 Å². The molecule has 2 rings (SSSR count). The Morgan fingerprint density at radius 2 is 2.11 bits per heavy atom. The maximum atomic E-state index is 11.7. The first-order valence-corrected chi connectivity index (χ1v) is 5.96. The second kappa shape index (κ2) is 5.54. The van der Waals surface area contributed by atoms with Crippen LogP contribution >= 0.6 is 0 Å². The smallest absolute Gasteiger partial charge is 0.235 e. The molecule has 0 fully saturated rings. The van der Waals surface area contributed by atoms with E-state index in [1.54, 1.807) is 12.1 Å². The SMILES string of the molecule is CC(C)c1cccc(OCC(=O)c2ccco2)c1. The van der Waals surface area contributed by atoms with Gasteiger partial charge in [-0.3, -0.25) is 4.79 Å². The summed E-state index contributed by atoms with van der Waals surface area (Å²) in [7, 11) is 0. The molecule has 0 N–H and O–H groups in total. The number of hydrogen-bond donors (Lipinski definition) is 0. The fraction of sp³-hybridized carbons (Fsp3) is 0.267. The third-order valence-electron chi connectivity index (χ3n) is 2.69. The maximum absolute atomic E-state index is 11.7. The van der Waals surface area contributed by atoms with E-state index >= 15 is 0 Å². The Hall–Kier alpha value is -2.03. The first kappa shape index (κ1) is 12.4. The molecule has 94 valence electrons. The second-order valence-corrected chi connectivity index (χ2v) is 4.42. The molecule has 2 aromatic rings. The van der Waals surface area contributed by atoms with E-state index in [-0.39, 0.29) is 12.4 Å². The van der Waals surface area contributed by atoms with Crippen molar-refractivity contribution in [2.45, 2.75) is 19.8 Å². The van der Waals surface area contributed by atoms with Crippen molar-refractivity contribution in [1.29, 1.82) is 0 Å². The number of rotatable bonds is 5. The molecule has 0 bridgehead atoms. The Morgan fingerprint density at radius 3 is 2.78 bits per heavy atom. The highest BCUT2D eigenvalue weighted by molar-refractivity contribution is 5.94. The summed E-state index contributed by atoms with van der Waals surface area (Å²) in [5, 5.41) is 0. The van der Waals surface area contributed by atoms with Gasteiger partial charge in [-0.15, -0.1) is 0 Å². The molecule has 0 aliphatic carbocycles. The summed E-state index contributed by atoms with van der Waals surface area (Å²) in [4.78, 5) is 11.7. The zero-order chi connectivity index (χ0) is 13.0. The van der Waals surface area contributed by atoms with Crippen LogP contribution in [0, 0.1) is 0 Å². The summed E-state index contributed by atoms with van der Waals surface area (Å²) < 4.78 is 10.5. The van der Waals surface area contributed by atoms with Crippen LogP contribution in [0.5, 0.6) is 5.75 Å². The topological polar surface area (TPSA) is 39.4 Å². The van der Waals surface area contributed by atoms with Crippen LogP contribution in [0.2, 0.25) is 0 Å². The number of Topliss-reactive ketones (excluding diaryl/α,β-unsaturated/α-hetero) is 1. The van der Waals surface area contributed by atoms with Gasteiger partial charge >= 0.3 is 0 Å². The lowest BCUT2D eigenvalue weighted by Crippen LogP contribution is -2.10. The Bertz CT molecular complexity index is 512. The number of ketones is 1. The zero-order valence-electron chi connectivity index (χ0n) is 10.6. The van der Waals surface area contributed by atoms with Gasteiger partial charge in [0.1, 0.15) is 5.75 Å². The van der Waals surface area contributed by atoms with Gasteiger partial charge in [0.2, 0.25) is 5.78 Å². The van der Waals surface area contributed by atoms with Crippen LogP contribution < -0.4 is 4.74 Å². The number of carbonyl (C=O) groups excluding carboxylic acids is 1. The van der Waals surface area contributed by atoms with Crippen LogP contribution in [0.3, 0.4) is 0 Å². The molecule has 1 aromatic carbocycles. The predicted octanol–water partition coefficient (Wildman–Crippen LogP) is 3.66. The highest BCUT2D eigenvalue weighted by Gasteiger charge is 2.09. The average molecular weight is 244 g/mol. The average Bonchev–Trinajstić information content (AvgIpc) is 2.90. The standard InChI is InChI=1S/C15H16O3/c1-11(2)12-5-3-6-13(9-12)18-10-14(16)15-7-4-8-17-15/h3-9,11H,10H2,1-2H3. The lowest BCUT2D eigenvalue weighted by atomic mass is 10.0. The van der Waals surface area contributed by atoms with Crippen molar-refractivity contribution < 1.29 is 13.9 Å². The normalized spacial score (nSPS) is 10.6. The van der Waals surface area contributed by atoms with Gasteiger partial charge in [-0.2, -0.15) is 0 Å². The van der Waals surface area contributed by atoms with Gasteiger partial charge in [0.05, 0.1) is 6.26 Å². The fourth-order valence-corrected chi connectivity index (χ4v) is 1.62. The van der Waals surface area contributed by atoms with Crippen molar-refractivity contribution in [3.8, 4) is 5.75 Å². The van der Waals surface area contributed by atoms with Crippen LogP contribution in [0.25, 0.3) is 0 Å². The van der Waals surface area contributed by atoms with Gasteiger partial charge in [-0.25, -0.2) is 0 Å². The molecule has 3 nitrogen and oxygen atoms in total. The molecule has 0 saturated heterocycles. The minimum atomic E-state index is -0.157. The summed E-state index contributed by atoms with van der Waals surface area (Å²) >= 11 is 0. The number of carbonyl (C=O) groups is 1. The minimum Gasteiger partial charge on any atom is -0.485 e. The Morgan fingerprint density at radius 1 is 1.28 bits per heavy atom. The first-order chi connectivity index (χ1) is 8.66. The van der Waals surface area contributed by atoms with Gasteiger partial charge in [0.25, 0.3) is 0 Å². The quantitative estimate of drug-likeness (QED) is 0.753. The monoisotopic (exact) mass is 244 g/mol.